The summed E-state index contributed by atoms with van der Waals surface area (Å²) < 4.78 is 2.11. The molecule has 4 heteroatoms. The van der Waals surface area contributed by atoms with Gasteiger partial charge in [-0.05, 0) is 26.1 Å². The van der Waals surface area contributed by atoms with Gasteiger partial charge in [0.25, 0.3) is 0 Å². The van der Waals surface area contributed by atoms with Crippen molar-refractivity contribution in [2.24, 2.45) is 4.99 Å². The van der Waals surface area contributed by atoms with Crippen LogP contribution in [0.4, 0.5) is 0 Å². The molecule has 0 aliphatic carbocycles. The molecule has 2 rings (SSSR count). The van der Waals surface area contributed by atoms with E-state index < -0.39 is 0 Å². The lowest BCUT2D eigenvalue weighted by Crippen LogP contribution is -2.23. The first-order valence-electron chi connectivity index (χ1n) is 4.98. The molecule has 1 aliphatic rings. The largest absolute Gasteiger partial charge is 0.285 e. The predicted octanol–water partition coefficient (Wildman–Crippen LogP) is 1.06. The van der Waals surface area contributed by atoms with Gasteiger partial charge in [-0.25, -0.2) is 0 Å². The van der Waals surface area contributed by atoms with Crippen LogP contribution >= 0.6 is 0 Å². The Hall–Kier alpha value is -1.16. The van der Waals surface area contributed by atoms with Crippen molar-refractivity contribution in [3.8, 4) is 0 Å². The summed E-state index contributed by atoms with van der Waals surface area (Å²) in [6.07, 6.45) is 1.14. The first-order chi connectivity index (χ1) is 6.79. The highest BCUT2D eigenvalue weighted by Crippen LogP contribution is 2.12. The highest BCUT2D eigenvalue weighted by Gasteiger charge is 2.14. The Kier molecular flexibility index (Phi) is 2.63. The minimum atomic E-state index is 0.726. The Balaban J connectivity index is 2.16. The summed E-state index contributed by atoms with van der Waals surface area (Å²) >= 11 is 0. The summed E-state index contributed by atoms with van der Waals surface area (Å²) in [6, 6.07) is 2.15. The molecule has 0 atom stereocenters. The summed E-state index contributed by atoms with van der Waals surface area (Å²) in [4.78, 5) is 6.23. The van der Waals surface area contributed by atoms with Gasteiger partial charge in [-0.1, -0.05) is 0 Å². The summed E-state index contributed by atoms with van der Waals surface area (Å²) in [6.45, 7) is 9.35. The van der Waals surface area contributed by atoms with Crippen LogP contribution in [0.1, 0.15) is 17.8 Å². The molecule has 1 aromatic rings. The molecule has 76 valence electrons. The van der Waals surface area contributed by atoms with E-state index in [1.165, 1.54) is 5.69 Å². The van der Waals surface area contributed by atoms with Crippen molar-refractivity contribution >= 4 is 6.72 Å². The minimum absolute atomic E-state index is 0.726. The predicted molar refractivity (Wildman–Crippen MR) is 56.4 cm³/mol. The quantitative estimate of drug-likeness (QED) is 0.656. The van der Waals surface area contributed by atoms with E-state index in [4.69, 9.17) is 0 Å². The number of aromatic nitrogens is 2. The molecule has 0 N–H and O–H groups in total. The van der Waals surface area contributed by atoms with E-state index in [-0.39, 0.29) is 0 Å². The molecule has 0 bridgehead atoms. The van der Waals surface area contributed by atoms with E-state index in [2.05, 4.69) is 32.5 Å². The van der Waals surface area contributed by atoms with Crippen LogP contribution in [-0.4, -0.2) is 34.6 Å². The van der Waals surface area contributed by atoms with Crippen LogP contribution in [0.15, 0.2) is 11.1 Å². The van der Waals surface area contributed by atoms with E-state index in [1.807, 2.05) is 6.92 Å². The molecule has 0 spiro atoms. The van der Waals surface area contributed by atoms with Gasteiger partial charge in [0.05, 0.1) is 18.1 Å². The van der Waals surface area contributed by atoms with Crippen molar-refractivity contribution < 1.29 is 0 Å². The van der Waals surface area contributed by atoms with Crippen molar-refractivity contribution in [2.75, 3.05) is 13.2 Å². The number of hydrogen-bond acceptors (Lipinski definition) is 3. The first kappa shape index (κ1) is 9.40. The molecule has 0 unspecified atom stereocenters. The molecule has 0 fully saturated rings. The molecular weight excluding hydrogens is 176 g/mol. The zero-order valence-corrected chi connectivity index (χ0v) is 8.61. The van der Waals surface area contributed by atoms with Gasteiger partial charge in [0.2, 0.25) is 0 Å². The zero-order chi connectivity index (χ0) is 9.97. The molecular formula is C10H16N4. The van der Waals surface area contributed by atoms with Gasteiger partial charge < -0.3 is 0 Å². The lowest BCUT2D eigenvalue weighted by molar-refractivity contribution is 0.279. The van der Waals surface area contributed by atoms with Gasteiger partial charge in [-0.15, -0.1) is 0 Å². The molecule has 14 heavy (non-hydrogen) atoms. The Bertz CT molecular complexity index is 329. The maximum atomic E-state index is 4.45. The second kappa shape index (κ2) is 3.92. The van der Waals surface area contributed by atoms with Crippen LogP contribution in [-0.2, 0) is 13.1 Å². The monoisotopic (exact) mass is 192 g/mol. The highest BCUT2D eigenvalue weighted by molar-refractivity contribution is 5.23. The van der Waals surface area contributed by atoms with Crippen molar-refractivity contribution in [1.82, 2.24) is 14.7 Å². The van der Waals surface area contributed by atoms with E-state index in [1.54, 1.807) is 0 Å². The Morgan fingerprint density at radius 1 is 1.57 bits per heavy atom. The van der Waals surface area contributed by atoms with Crippen molar-refractivity contribution in [1.29, 1.82) is 0 Å². The Morgan fingerprint density at radius 2 is 2.43 bits per heavy atom. The van der Waals surface area contributed by atoms with Gasteiger partial charge in [-0.2, -0.15) is 5.10 Å². The average Bonchev–Trinajstić information content (AvgIpc) is 2.37. The van der Waals surface area contributed by atoms with E-state index in [0.717, 1.165) is 38.4 Å². The molecule has 0 amide bonds. The summed E-state index contributed by atoms with van der Waals surface area (Å²) in [5.41, 5.74) is 2.40. The van der Waals surface area contributed by atoms with Crippen LogP contribution < -0.4 is 0 Å². The van der Waals surface area contributed by atoms with Crippen LogP contribution in [0.5, 0.6) is 0 Å². The number of hydrogen-bond donors (Lipinski definition) is 0. The maximum Gasteiger partial charge on any atom is 0.0905 e. The number of rotatable bonds is 2. The third-order valence-corrected chi connectivity index (χ3v) is 2.52. The zero-order valence-electron chi connectivity index (χ0n) is 8.61. The molecule has 0 radical (unpaired) electrons. The van der Waals surface area contributed by atoms with Gasteiger partial charge in [-0.3, -0.25) is 14.6 Å². The van der Waals surface area contributed by atoms with Gasteiger partial charge >= 0.3 is 0 Å². The van der Waals surface area contributed by atoms with Gasteiger partial charge in [0.1, 0.15) is 0 Å². The van der Waals surface area contributed by atoms with E-state index >= 15 is 0 Å². The number of aliphatic imine (C=N–C) groups is 1. The fourth-order valence-corrected chi connectivity index (χ4v) is 1.93. The molecule has 0 saturated heterocycles. The fourth-order valence-electron chi connectivity index (χ4n) is 1.93. The summed E-state index contributed by atoms with van der Waals surface area (Å²) in [7, 11) is 0. The molecule has 1 aromatic heterocycles. The Morgan fingerprint density at radius 3 is 3.21 bits per heavy atom. The van der Waals surface area contributed by atoms with Gasteiger partial charge in [0.15, 0.2) is 0 Å². The van der Waals surface area contributed by atoms with Crippen LogP contribution in [0.3, 0.4) is 0 Å². The lowest BCUT2D eigenvalue weighted by atomic mass is 10.3. The van der Waals surface area contributed by atoms with E-state index in [9.17, 15) is 0 Å². The van der Waals surface area contributed by atoms with Crippen LogP contribution in [0.2, 0.25) is 0 Å². The molecule has 4 nitrogen and oxygen atoms in total. The summed E-state index contributed by atoms with van der Waals surface area (Å²) in [5, 5.41) is 4.45. The fraction of sp³-hybridized carbons (Fsp3) is 0.600. The second-order valence-electron chi connectivity index (χ2n) is 3.77. The van der Waals surface area contributed by atoms with Crippen molar-refractivity contribution in [2.45, 2.75) is 26.4 Å². The molecule has 2 heterocycles. The van der Waals surface area contributed by atoms with Crippen molar-refractivity contribution in [3.05, 3.63) is 17.5 Å². The number of nitrogens with zero attached hydrogens (tertiary/aromatic N) is 4. The normalized spacial score (nSPS) is 17.5. The van der Waals surface area contributed by atoms with Crippen molar-refractivity contribution in [3.63, 3.8) is 0 Å². The number of fused-ring (bicyclic) bond motifs is 1. The topological polar surface area (TPSA) is 33.4 Å². The first-order valence-corrected chi connectivity index (χ1v) is 4.98. The number of aryl methyl sites for hydroxylation is 2. The Labute approximate surface area is 84.2 Å². The van der Waals surface area contributed by atoms with Crippen LogP contribution in [0.25, 0.3) is 0 Å². The summed E-state index contributed by atoms with van der Waals surface area (Å²) in [5.74, 6) is 0. The molecule has 0 saturated carbocycles. The SMILES string of the molecule is C=NCN1CCCn2nc(C)cc2C1. The highest BCUT2D eigenvalue weighted by atomic mass is 15.3. The maximum absolute atomic E-state index is 4.45. The third kappa shape index (κ3) is 1.85. The average molecular weight is 192 g/mol. The van der Waals surface area contributed by atoms with Gasteiger partial charge in [0, 0.05) is 19.6 Å². The third-order valence-electron chi connectivity index (χ3n) is 2.52. The second-order valence-corrected chi connectivity index (χ2v) is 3.77. The van der Waals surface area contributed by atoms with E-state index in [0.29, 0.717) is 0 Å². The smallest absolute Gasteiger partial charge is 0.0905 e. The van der Waals surface area contributed by atoms with Crippen LogP contribution in [0, 0.1) is 6.92 Å². The lowest BCUT2D eigenvalue weighted by Gasteiger charge is -2.15. The molecule has 0 aromatic carbocycles. The molecule has 1 aliphatic heterocycles. The standard InChI is InChI=1S/C10H16N4/c1-9-6-10-7-13(8-11-2)4-3-5-14(10)12-9/h6H,2-5,7-8H2,1H3. The minimum Gasteiger partial charge on any atom is -0.285 e.